The number of carbonyl (C=O) groups is 2. The van der Waals surface area contributed by atoms with Crippen molar-refractivity contribution in [3.05, 3.63) is 289 Å². The van der Waals surface area contributed by atoms with Gasteiger partial charge in [0.05, 0.1) is 17.3 Å². The summed E-state index contributed by atoms with van der Waals surface area (Å²) in [6.07, 6.45) is 16.0. The number of rotatable bonds is 7. The molecule has 0 fully saturated rings. The van der Waals surface area contributed by atoms with Gasteiger partial charge in [0.2, 0.25) is 0 Å². The number of hydrogen-bond donors (Lipinski definition) is 2. The third kappa shape index (κ3) is 24.4. The maximum Gasteiger partial charge on any atom is 0.155 e. The minimum Gasteiger partial charge on any atom is -0.576 e. The molecular formula is C67H57Ir5N11O4S-6. The molecule has 6 aromatic carbocycles. The van der Waals surface area contributed by atoms with E-state index in [9.17, 15) is 9.59 Å². The van der Waals surface area contributed by atoms with Crippen LogP contribution in [0.5, 0.6) is 0 Å². The van der Waals surface area contributed by atoms with E-state index in [0.717, 1.165) is 62.2 Å². The SMILES string of the molecule is CC(=O)C=C(C)O.CC(=O)C=C(C)O.C[C-]=Cc1ccccn1.[Ir].[Ir].[Ir].[Ir].[Ir].[c-]1cccc2c1C1[N-]SN=C1c1ccccc1-2.[c-]1ccccc1-c1nccn1-c1ccccc1.[c-]1ccccc1-n1nc2ccccc2n1.c1ccc(-c2ccn[n-]2)nc1. The average molecular weight is 2070 g/mol. The molecule has 0 spiro atoms. The average Bonchev–Trinajstić information content (AvgIpc) is 1.46. The molecule has 2 N–H and O–H groups in total. The first-order valence-electron chi connectivity index (χ1n) is 25.9. The number of hydrogen-bond acceptors (Lipinski definition) is 12. The smallest absolute Gasteiger partial charge is 0.155 e. The number of carbonyl (C=O) groups excluding carboxylic acids is 2. The molecule has 0 saturated heterocycles. The van der Waals surface area contributed by atoms with E-state index in [2.05, 4.69) is 116 Å². The molecule has 461 valence electrons. The fraction of sp³-hybridized carbons (Fsp3) is 0.0896. The normalized spacial score (nSPS) is 11.8. The van der Waals surface area contributed by atoms with Crippen molar-refractivity contribution in [2.45, 2.75) is 40.7 Å². The van der Waals surface area contributed by atoms with Crippen LogP contribution in [-0.2, 0) is 110 Å². The summed E-state index contributed by atoms with van der Waals surface area (Å²) in [6.45, 7) is 7.55. The maximum atomic E-state index is 10.0. The van der Waals surface area contributed by atoms with Gasteiger partial charge in [0.25, 0.3) is 0 Å². The number of pyridine rings is 2. The Morgan fingerprint density at radius 2 is 1.16 bits per heavy atom. The Bertz CT molecular complexity index is 3770. The Balaban J connectivity index is 0.000000356. The molecule has 1 atom stereocenters. The summed E-state index contributed by atoms with van der Waals surface area (Å²) in [5.74, 6) is 0.789. The zero-order valence-electron chi connectivity index (χ0n) is 47.8. The van der Waals surface area contributed by atoms with E-state index in [4.69, 9.17) is 10.2 Å². The summed E-state index contributed by atoms with van der Waals surface area (Å²) in [6, 6.07) is 71.0. The van der Waals surface area contributed by atoms with Crippen molar-refractivity contribution in [1.82, 2.24) is 44.7 Å². The number of ketones is 2. The molecular weight excluding hydrogens is 2020 g/mol. The topological polar surface area (TPSA) is 202 Å². The largest absolute Gasteiger partial charge is 0.576 e. The molecule has 1 aliphatic carbocycles. The summed E-state index contributed by atoms with van der Waals surface area (Å²) >= 11 is 1.30. The van der Waals surface area contributed by atoms with E-state index in [1.165, 1.54) is 68.7 Å². The Kier molecular flexibility index (Phi) is 36.6. The van der Waals surface area contributed by atoms with E-state index >= 15 is 0 Å². The van der Waals surface area contributed by atoms with Crippen LogP contribution in [0, 0.1) is 24.3 Å². The maximum absolute atomic E-state index is 10.0. The van der Waals surface area contributed by atoms with Crippen LogP contribution in [0.3, 0.4) is 0 Å². The van der Waals surface area contributed by atoms with Crippen LogP contribution in [0.1, 0.15) is 57.5 Å². The van der Waals surface area contributed by atoms with Crippen molar-refractivity contribution in [2.75, 3.05) is 0 Å². The van der Waals surface area contributed by atoms with Crippen molar-refractivity contribution in [3.8, 4) is 45.3 Å². The molecule has 15 nitrogen and oxygen atoms in total. The van der Waals surface area contributed by atoms with Crippen LogP contribution in [-0.4, -0.2) is 67.1 Å². The molecule has 0 amide bonds. The Hall–Kier alpha value is -7.17. The summed E-state index contributed by atoms with van der Waals surface area (Å²) in [5.41, 5.74) is 13.3. The van der Waals surface area contributed by atoms with Crippen LogP contribution < -0.4 is 5.10 Å². The van der Waals surface area contributed by atoms with Crippen molar-refractivity contribution >= 4 is 46.5 Å². The van der Waals surface area contributed by atoms with E-state index in [-0.39, 0.29) is 130 Å². The zero-order chi connectivity index (χ0) is 58.6. The van der Waals surface area contributed by atoms with E-state index in [1.807, 2.05) is 171 Å². The van der Waals surface area contributed by atoms with Gasteiger partial charge in [-0.1, -0.05) is 95.8 Å². The molecule has 1 aliphatic heterocycles. The van der Waals surface area contributed by atoms with Crippen molar-refractivity contribution < 1.29 is 120 Å². The molecule has 1 unspecified atom stereocenters. The number of nitrogens with zero attached hydrogens (tertiary/aromatic N) is 11. The Morgan fingerprint density at radius 3 is 1.70 bits per heavy atom. The first-order chi connectivity index (χ1) is 40.5. The first-order valence-corrected chi connectivity index (χ1v) is 26.6. The molecule has 21 heteroatoms. The van der Waals surface area contributed by atoms with Gasteiger partial charge in [-0.2, -0.15) is 69.1 Å². The van der Waals surface area contributed by atoms with Crippen LogP contribution in [0.15, 0.2) is 247 Å². The molecule has 0 saturated carbocycles. The van der Waals surface area contributed by atoms with E-state index in [0.29, 0.717) is 0 Å². The second kappa shape index (κ2) is 41.9. The minimum atomic E-state index is -0.125. The number of aliphatic hydroxyl groups is 2. The van der Waals surface area contributed by atoms with Gasteiger partial charge in [-0.15, -0.1) is 72.6 Å². The van der Waals surface area contributed by atoms with E-state index in [1.54, 1.807) is 23.4 Å². The minimum absolute atomic E-state index is 0. The number of fused-ring (bicyclic) bond motifs is 7. The van der Waals surface area contributed by atoms with Gasteiger partial charge in [0.15, 0.2) is 11.6 Å². The molecule has 11 aromatic rings. The standard InChI is InChI=1S/C15H11N2.C14H8N2S.C12H8N3.C8H6N3.C8H8N.2C5H8O2.5Ir/c1-3-7-13(8-4-1)15-16-11-12-17(15)14-9-5-2-6-10-14;1-3-7-11-9(5-1)10-6-2-4-8-12(10)14-13(11)15-17-16-14;1-2-6-10(7-3-1)15-13-11-8-4-5-9-12(11)14-15;1-2-5-9-7(3-1)8-4-6-10-11-8;1-2-5-8-6-3-4-7-9-8;2*1-4(6)3-5(2)7;;;;;/h1-7,9-12H;1-7,14H;1-6,8-9H;1-6H;3-7H,1H3;2*3,6H,1-2H3;;;;;/q-1;-2;3*-1;;;;;;;. The van der Waals surface area contributed by atoms with Crippen molar-refractivity contribution in [1.29, 1.82) is 0 Å². The predicted octanol–water partition coefficient (Wildman–Crippen LogP) is 14.6. The fourth-order valence-electron chi connectivity index (χ4n) is 7.84. The van der Waals surface area contributed by atoms with E-state index < -0.39 is 0 Å². The number of aliphatic hydroxyl groups excluding tert-OH is 2. The second-order valence-electron chi connectivity index (χ2n) is 17.7. The fourth-order valence-corrected chi connectivity index (χ4v) is 8.47. The quantitative estimate of drug-likeness (QED) is 0.0662. The molecule has 88 heavy (non-hydrogen) atoms. The summed E-state index contributed by atoms with van der Waals surface area (Å²) in [5, 5.41) is 33.0. The van der Waals surface area contributed by atoms with Crippen LogP contribution >= 0.6 is 12.1 Å². The van der Waals surface area contributed by atoms with Gasteiger partial charge in [-0.05, 0) is 81.4 Å². The Labute approximate surface area is 584 Å². The summed E-state index contributed by atoms with van der Waals surface area (Å²) in [7, 11) is 0. The van der Waals surface area contributed by atoms with Gasteiger partial charge >= 0.3 is 0 Å². The van der Waals surface area contributed by atoms with Crippen molar-refractivity contribution in [2.24, 2.45) is 4.40 Å². The number of allylic oxidation sites excluding steroid dienone is 5. The van der Waals surface area contributed by atoms with Gasteiger partial charge in [0, 0.05) is 161 Å². The monoisotopic (exact) mass is 2080 g/mol. The van der Waals surface area contributed by atoms with Crippen molar-refractivity contribution in [3.63, 3.8) is 0 Å². The van der Waals surface area contributed by atoms with Crippen LogP contribution in [0.2, 0.25) is 0 Å². The predicted molar refractivity (Wildman–Crippen MR) is 329 cm³/mol. The number of para-hydroxylation sites is 2. The molecule has 5 radical (unpaired) electrons. The first kappa shape index (κ1) is 76.9. The van der Waals surface area contributed by atoms with Gasteiger partial charge in [-0.25, -0.2) is 10.5 Å². The number of imidazole rings is 1. The molecule has 2 aliphatic rings. The third-order valence-electron chi connectivity index (χ3n) is 11.2. The summed E-state index contributed by atoms with van der Waals surface area (Å²) < 4.78 is 11.0. The van der Waals surface area contributed by atoms with Gasteiger partial charge in [-0.3, -0.25) is 25.6 Å². The zero-order valence-corrected chi connectivity index (χ0v) is 60.6. The molecule has 0 bridgehead atoms. The van der Waals surface area contributed by atoms with Crippen LogP contribution in [0.25, 0.3) is 67.1 Å². The number of aromatic nitrogens is 9. The van der Waals surface area contributed by atoms with Gasteiger partial charge in [0.1, 0.15) is 11.0 Å². The number of benzene rings is 6. The molecule has 5 aromatic heterocycles. The molecule has 13 rings (SSSR count). The molecule has 6 heterocycles. The second-order valence-corrected chi connectivity index (χ2v) is 18.2. The van der Waals surface area contributed by atoms with Gasteiger partial charge < -0.3 is 34.7 Å². The third-order valence-corrected chi connectivity index (χ3v) is 11.8. The van der Waals surface area contributed by atoms with Crippen LogP contribution in [0.4, 0.5) is 0 Å². The Morgan fingerprint density at radius 1 is 0.580 bits per heavy atom. The summed E-state index contributed by atoms with van der Waals surface area (Å²) in [4.78, 5) is 34.2.